The lowest BCUT2D eigenvalue weighted by molar-refractivity contribution is -0.117. The number of amides is 3. The maximum atomic E-state index is 12.2. The van der Waals surface area contributed by atoms with Gasteiger partial charge < -0.3 is 19.0 Å². The molecule has 3 rings (SSSR count). The molecule has 31 heavy (non-hydrogen) atoms. The Morgan fingerprint density at radius 1 is 1.19 bits per heavy atom. The van der Waals surface area contributed by atoms with Gasteiger partial charge in [0.05, 0.1) is 25.7 Å². The number of rotatable bonds is 9. The van der Waals surface area contributed by atoms with Gasteiger partial charge in [0, 0.05) is 12.1 Å². The molecule has 164 valence electrons. The maximum absolute atomic E-state index is 12.2. The molecule has 2 heterocycles. The van der Waals surface area contributed by atoms with Gasteiger partial charge in [-0.3, -0.25) is 10.1 Å². The van der Waals surface area contributed by atoms with E-state index in [2.05, 4.69) is 34.7 Å². The van der Waals surface area contributed by atoms with Crippen LogP contribution in [-0.4, -0.2) is 39.6 Å². The predicted molar refractivity (Wildman–Crippen MR) is 117 cm³/mol. The van der Waals surface area contributed by atoms with Crippen molar-refractivity contribution in [1.82, 2.24) is 25.4 Å². The highest BCUT2D eigenvalue weighted by Crippen LogP contribution is 2.26. The number of benzene rings is 1. The molecule has 0 unspecified atom stereocenters. The molecular weight excluding hydrogens is 418 g/mol. The molecule has 0 aliphatic carbocycles. The highest BCUT2D eigenvalue weighted by atomic mass is 32.2. The summed E-state index contributed by atoms with van der Waals surface area (Å²) in [7, 11) is 1.62. The summed E-state index contributed by atoms with van der Waals surface area (Å²) in [5, 5.41) is 14.1. The number of nitrogens with zero attached hydrogens (tertiary/aromatic N) is 3. The number of nitrogens with one attached hydrogen (secondary N) is 2. The zero-order valence-electron chi connectivity index (χ0n) is 17.6. The molecule has 10 heteroatoms. The lowest BCUT2D eigenvalue weighted by Gasteiger charge is -2.12. The van der Waals surface area contributed by atoms with E-state index in [1.807, 2.05) is 28.8 Å². The first-order valence-corrected chi connectivity index (χ1v) is 10.7. The summed E-state index contributed by atoms with van der Waals surface area (Å²) in [6, 6.07) is 10.5. The average Bonchev–Trinajstić information content (AvgIpc) is 3.40. The molecule has 0 aliphatic rings. The molecule has 2 N–H and O–H groups in total. The fourth-order valence-electron chi connectivity index (χ4n) is 2.80. The van der Waals surface area contributed by atoms with E-state index in [-0.39, 0.29) is 12.3 Å². The number of carbonyl (C=O) groups is 2. The number of hydrogen-bond acceptors (Lipinski definition) is 7. The Hall–Kier alpha value is -3.27. The number of carbonyl (C=O) groups excluding carboxylic acids is 2. The summed E-state index contributed by atoms with van der Waals surface area (Å²) in [6.45, 7) is 5.10. The van der Waals surface area contributed by atoms with Gasteiger partial charge in [-0.2, -0.15) is 0 Å². The molecule has 1 aromatic carbocycles. The van der Waals surface area contributed by atoms with Crippen molar-refractivity contribution < 1.29 is 18.7 Å². The van der Waals surface area contributed by atoms with Crippen molar-refractivity contribution in [3.63, 3.8) is 0 Å². The summed E-state index contributed by atoms with van der Waals surface area (Å²) in [4.78, 5) is 24.1. The number of thioether (sulfide) groups is 1. The Bertz CT molecular complexity index is 999. The molecule has 0 atom stereocenters. The van der Waals surface area contributed by atoms with Crippen LogP contribution in [0.3, 0.4) is 0 Å². The maximum Gasteiger partial charge on any atom is 0.321 e. The van der Waals surface area contributed by atoms with E-state index < -0.39 is 11.9 Å². The minimum Gasteiger partial charge on any atom is -0.497 e. The molecular formula is C21H25N5O4S. The first kappa shape index (κ1) is 22.4. The number of furan rings is 1. The Balaban J connectivity index is 1.61. The largest absolute Gasteiger partial charge is 0.497 e. The van der Waals surface area contributed by atoms with Gasteiger partial charge in [0.15, 0.2) is 11.0 Å². The van der Waals surface area contributed by atoms with Crippen molar-refractivity contribution in [2.24, 2.45) is 5.92 Å². The number of aromatic nitrogens is 3. The summed E-state index contributed by atoms with van der Waals surface area (Å²) in [5.41, 5.74) is 0.905. The summed E-state index contributed by atoms with van der Waals surface area (Å²) in [6.07, 6.45) is 1.52. The summed E-state index contributed by atoms with van der Waals surface area (Å²) >= 11 is 1.23. The average molecular weight is 444 g/mol. The zero-order valence-corrected chi connectivity index (χ0v) is 18.4. The Morgan fingerprint density at radius 3 is 2.61 bits per heavy atom. The number of methoxy groups -OCH3 is 1. The van der Waals surface area contributed by atoms with Crippen molar-refractivity contribution in [3.05, 3.63) is 48.4 Å². The number of urea groups is 1. The Morgan fingerprint density at radius 2 is 1.97 bits per heavy atom. The van der Waals surface area contributed by atoms with Gasteiger partial charge >= 0.3 is 6.03 Å². The van der Waals surface area contributed by atoms with Crippen molar-refractivity contribution >= 4 is 23.7 Å². The van der Waals surface area contributed by atoms with Crippen molar-refractivity contribution in [3.8, 4) is 17.1 Å². The number of hydrogen-bond donors (Lipinski definition) is 2. The molecule has 2 aromatic heterocycles. The van der Waals surface area contributed by atoms with Crippen molar-refractivity contribution in [2.45, 2.75) is 32.1 Å². The van der Waals surface area contributed by atoms with Crippen LogP contribution in [0.25, 0.3) is 11.4 Å². The van der Waals surface area contributed by atoms with E-state index in [4.69, 9.17) is 9.15 Å². The van der Waals surface area contributed by atoms with Crippen LogP contribution in [0.4, 0.5) is 4.79 Å². The van der Waals surface area contributed by atoms with Gasteiger partial charge in [0.2, 0.25) is 5.91 Å². The predicted octanol–water partition coefficient (Wildman–Crippen LogP) is 3.32. The van der Waals surface area contributed by atoms with Crippen LogP contribution in [0.2, 0.25) is 0 Å². The second-order valence-electron chi connectivity index (χ2n) is 7.14. The first-order chi connectivity index (χ1) is 15.0. The number of ether oxygens (including phenoxy) is 1. The van der Waals surface area contributed by atoms with Gasteiger partial charge in [-0.1, -0.05) is 25.6 Å². The van der Waals surface area contributed by atoms with E-state index in [9.17, 15) is 9.59 Å². The third-order valence-electron chi connectivity index (χ3n) is 4.20. The minimum atomic E-state index is -0.579. The van der Waals surface area contributed by atoms with E-state index in [0.29, 0.717) is 23.4 Å². The lowest BCUT2D eigenvalue weighted by Crippen LogP contribution is -2.39. The van der Waals surface area contributed by atoms with Crippen molar-refractivity contribution in [2.75, 3.05) is 12.9 Å². The molecule has 0 bridgehead atoms. The molecule has 0 saturated heterocycles. The normalized spacial score (nSPS) is 10.8. The third-order valence-corrected chi connectivity index (χ3v) is 5.17. The first-order valence-electron chi connectivity index (χ1n) is 9.76. The standard InChI is InChI=1S/C21H25N5O4S/c1-14(2)12-26-19(15-6-8-16(29-3)9-7-15)24-25-21(26)31-13-18(27)23-20(28)22-11-17-5-4-10-30-17/h4-10,14H,11-13H2,1-3H3,(H2,22,23,27,28). The molecule has 0 saturated carbocycles. The summed E-state index contributed by atoms with van der Waals surface area (Å²) < 4.78 is 12.3. The van der Waals surface area contributed by atoms with Gasteiger partial charge in [0.1, 0.15) is 11.5 Å². The summed E-state index contributed by atoms with van der Waals surface area (Å²) in [5.74, 6) is 2.05. The highest BCUT2D eigenvalue weighted by Gasteiger charge is 2.17. The topological polar surface area (TPSA) is 111 Å². The third kappa shape index (κ3) is 6.35. The van der Waals surface area contributed by atoms with Crippen LogP contribution >= 0.6 is 11.8 Å². The second kappa shape index (κ2) is 10.7. The van der Waals surface area contributed by atoms with Gasteiger partial charge in [0.25, 0.3) is 0 Å². The van der Waals surface area contributed by atoms with E-state index >= 15 is 0 Å². The van der Waals surface area contributed by atoms with E-state index in [1.54, 1.807) is 19.2 Å². The zero-order chi connectivity index (χ0) is 22.2. The van der Waals surface area contributed by atoms with Gasteiger partial charge in [-0.05, 0) is 42.3 Å². The van der Waals surface area contributed by atoms with Crippen LogP contribution in [0.15, 0.2) is 52.2 Å². The van der Waals surface area contributed by atoms with E-state index in [0.717, 1.165) is 17.1 Å². The minimum absolute atomic E-state index is 0.0347. The molecule has 0 fully saturated rings. The molecule has 0 aliphatic heterocycles. The number of imide groups is 1. The fraction of sp³-hybridized carbons (Fsp3) is 0.333. The lowest BCUT2D eigenvalue weighted by atomic mass is 10.2. The monoisotopic (exact) mass is 443 g/mol. The van der Waals surface area contributed by atoms with Crippen molar-refractivity contribution in [1.29, 1.82) is 0 Å². The second-order valence-corrected chi connectivity index (χ2v) is 8.08. The fourth-order valence-corrected chi connectivity index (χ4v) is 3.54. The van der Waals surface area contributed by atoms with Crippen LogP contribution in [0.1, 0.15) is 19.6 Å². The van der Waals surface area contributed by atoms with Crippen LogP contribution < -0.4 is 15.4 Å². The smallest absolute Gasteiger partial charge is 0.321 e. The molecule has 3 amide bonds. The molecule has 9 nitrogen and oxygen atoms in total. The highest BCUT2D eigenvalue weighted by molar-refractivity contribution is 7.99. The quantitative estimate of drug-likeness (QED) is 0.488. The Kier molecular flexibility index (Phi) is 7.71. The van der Waals surface area contributed by atoms with Gasteiger partial charge in [-0.25, -0.2) is 4.79 Å². The Labute approximate surface area is 184 Å². The van der Waals surface area contributed by atoms with Crippen LogP contribution in [0.5, 0.6) is 5.75 Å². The van der Waals surface area contributed by atoms with Crippen LogP contribution in [0, 0.1) is 5.92 Å². The van der Waals surface area contributed by atoms with Crippen LogP contribution in [-0.2, 0) is 17.9 Å². The SMILES string of the molecule is COc1ccc(-c2nnc(SCC(=O)NC(=O)NCc3ccco3)n2CC(C)C)cc1. The molecule has 0 radical (unpaired) electrons. The van der Waals surface area contributed by atoms with Gasteiger partial charge in [-0.15, -0.1) is 10.2 Å². The molecule has 0 spiro atoms. The van der Waals surface area contributed by atoms with E-state index in [1.165, 1.54) is 18.0 Å². The molecule has 3 aromatic rings.